The minimum absolute atomic E-state index is 0.198. The van der Waals surface area contributed by atoms with Crippen LogP contribution in [-0.2, 0) is 0 Å². The first-order chi connectivity index (χ1) is 19.3. The van der Waals surface area contributed by atoms with Gasteiger partial charge in [0.25, 0.3) is 0 Å². The van der Waals surface area contributed by atoms with E-state index in [1.807, 2.05) is 0 Å². The van der Waals surface area contributed by atoms with Crippen LogP contribution in [0.1, 0.15) is 82.1 Å². The van der Waals surface area contributed by atoms with Crippen molar-refractivity contribution in [3.63, 3.8) is 0 Å². The van der Waals surface area contributed by atoms with E-state index in [-0.39, 0.29) is 11.5 Å². The standard InChI is InChI=1S/C40H54O/c1-31(2)17-13-20-34(5)23-15-25-35(6)24-14-21-32(3)18-11-12-19-33(4)22-16-26-36(7)27-29-38-37(8)28-30-39(41)40(38,9)10/h11-27,29,39,41H,28,30H2,1-10H3/b12-11+,20-13+,21-14+,22-16+,25-15+,29-27+,32-18+,33-19+,34-23+,35-24+,36-26+/t39-/m1/s1. The van der Waals surface area contributed by atoms with Crippen LogP contribution in [0.3, 0.4) is 0 Å². The average Bonchev–Trinajstić information content (AvgIpc) is 2.88. The average molecular weight is 551 g/mol. The third kappa shape index (κ3) is 15.2. The Morgan fingerprint density at radius 1 is 0.585 bits per heavy atom. The highest BCUT2D eigenvalue weighted by molar-refractivity contribution is 5.38. The fourth-order valence-corrected chi connectivity index (χ4v) is 4.29. The maximum absolute atomic E-state index is 10.4. The van der Waals surface area contributed by atoms with Crippen LogP contribution in [0.4, 0.5) is 0 Å². The van der Waals surface area contributed by atoms with Crippen LogP contribution in [0.2, 0.25) is 0 Å². The second-order valence-electron chi connectivity index (χ2n) is 11.9. The topological polar surface area (TPSA) is 20.2 Å². The normalized spacial score (nSPS) is 20.4. The monoisotopic (exact) mass is 550 g/mol. The summed E-state index contributed by atoms with van der Waals surface area (Å²) in [5, 5.41) is 10.4. The molecule has 41 heavy (non-hydrogen) atoms. The summed E-state index contributed by atoms with van der Waals surface area (Å²) >= 11 is 0. The molecule has 1 rings (SSSR count). The summed E-state index contributed by atoms with van der Waals surface area (Å²) in [7, 11) is 0. The lowest BCUT2D eigenvalue weighted by Gasteiger charge is -2.37. The van der Waals surface area contributed by atoms with Gasteiger partial charge >= 0.3 is 0 Å². The van der Waals surface area contributed by atoms with Crippen LogP contribution in [0.25, 0.3) is 0 Å². The molecule has 220 valence electrons. The van der Waals surface area contributed by atoms with E-state index in [0.717, 1.165) is 12.8 Å². The van der Waals surface area contributed by atoms with Crippen molar-refractivity contribution in [2.24, 2.45) is 5.41 Å². The molecular formula is C40H54O. The van der Waals surface area contributed by atoms with E-state index in [2.05, 4.69) is 179 Å². The van der Waals surface area contributed by atoms with Gasteiger partial charge in [0.15, 0.2) is 0 Å². The largest absolute Gasteiger partial charge is 0.392 e. The zero-order valence-corrected chi connectivity index (χ0v) is 27.3. The zero-order valence-electron chi connectivity index (χ0n) is 27.3. The van der Waals surface area contributed by atoms with Crippen molar-refractivity contribution < 1.29 is 5.11 Å². The maximum atomic E-state index is 10.4. The molecule has 1 nitrogen and oxygen atoms in total. The van der Waals surface area contributed by atoms with E-state index in [0.29, 0.717) is 0 Å². The van der Waals surface area contributed by atoms with Crippen molar-refractivity contribution in [2.45, 2.75) is 88.2 Å². The van der Waals surface area contributed by atoms with E-state index in [1.54, 1.807) is 0 Å². The summed E-state index contributed by atoms with van der Waals surface area (Å²) in [5.74, 6) is 0. The Balaban J connectivity index is 2.63. The fraction of sp³-hybridized carbons (Fsp3) is 0.350. The molecule has 0 spiro atoms. The van der Waals surface area contributed by atoms with Crippen molar-refractivity contribution in [2.75, 3.05) is 0 Å². The van der Waals surface area contributed by atoms with Crippen molar-refractivity contribution >= 4 is 0 Å². The molecule has 0 saturated heterocycles. The SMILES string of the molecule is CC(C)=C/C=C/C(C)=C/C=C/C(C)=C/C=C/C(C)=C/C=C/C=C(C)/C=C/C=C(C)/C=C/C1=C(C)CC[C@@H](O)C1(C)C. The lowest BCUT2D eigenvalue weighted by Crippen LogP contribution is -2.34. The summed E-state index contributed by atoms with van der Waals surface area (Å²) in [4.78, 5) is 0. The predicted molar refractivity (Wildman–Crippen MR) is 185 cm³/mol. The van der Waals surface area contributed by atoms with Crippen LogP contribution < -0.4 is 0 Å². The van der Waals surface area contributed by atoms with Crippen LogP contribution in [-0.4, -0.2) is 11.2 Å². The third-order valence-electron chi connectivity index (χ3n) is 7.07. The van der Waals surface area contributed by atoms with Gasteiger partial charge in [-0.3, -0.25) is 0 Å². The van der Waals surface area contributed by atoms with E-state index >= 15 is 0 Å². The Kier molecular flexibility index (Phi) is 16.4. The van der Waals surface area contributed by atoms with Gasteiger partial charge in [0.1, 0.15) is 0 Å². The van der Waals surface area contributed by atoms with Crippen LogP contribution in [0.5, 0.6) is 0 Å². The summed E-state index contributed by atoms with van der Waals surface area (Å²) in [5.41, 5.74) is 9.74. The van der Waals surface area contributed by atoms with Crippen LogP contribution in [0, 0.1) is 5.41 Å². The van der Waals surface area contributed by atoms with Gasteiger partial charge in [0, 0.05) is 5.41 Å². The van der Waals surface area contributed by atoms with E-state index < -0.39 is 0 Å². The number of hydrogen-bond donors (Lipinski definition) is 1. The molecule has 1 heteroatoms. The van der Waals surface area contributed by atoms with Gasteiger partial charge in [0.05, 0.1) is 6.10 Å². The van der Waals surface area contributed by atoms with Crippen molar-refractivity contribution in [1.82, 2.24) is 0 Å². The van der Waals surface area contributed by atoms with Gasteiger partial charge in [-0.1, -0.05) is 162 Å². The van der Waals surface area contributed by atoms with Crippen LogP contribution >= 0.6 is 0 Å². The Labute approximate surface area is 252 Å². The van der Waals surface area contributed by atoms with Crippen molar-refractivity contribution in [3.8, 4) is 0 Å². The molecule has 0 aromatic heterocycles. The molecule has 1 N–H and O–H groups in total. The Hall–Kier alpha value is -3.42. The number of hydrogen-bond acceptors (Lipinski definition) is 1. The number of allylic oxidation sites excluding steroid dienone is 25. The molecule has 0 radical (unpaired) electrons. The molecule has 1 aliphatic rings. The second kappa shape index (κ2) is 18.8. The molecule has 0 aromatic carbocycles. The predicted octanol–water partition coefficient (Wildman–Crippen LogP) is 11.5. The third-order valence-corrected chi connectivity index (χ3v) is 7.07. The molecule has 0 unspecified atom stereocenters. The molecule has 0 aromatic rings. The Bertz CT molecular complexity index is 1260. The zero-order chi connectivity index (χ0) is 30.8. The van der Waals surface area contributed by atoms with E-state index in [9.17, 15) is 5.11 Å². The summed E-state index contributed by atoms with van der Waals surface area (Å²) in [6.07, 6.45) is 39.6. The van der Waals surface area contributed by atoms with E-state index in [1.165, 1.54) is 44.6 Å². The molecule has 0 fully saturated rings. The molecule has 1 aliphatic carbocycles. The van der Waals surface area contributed by atoms with Gasteiger partial charge in [-0.15, -0.1) is 0 Å². The highest BCUT2D eigenvalue weighted by atomic mass is 16.3. The maximum Gasteiger partial charge on any atom is 0.0634 e. The van der Waals surface area contributed by atoms with Crippen LogP contribution in [0.15, 0.2) is 154 Å². The fourth-order valence-electron chi connectivity index (χ4n) is 4.29. The minimum atomic E-state index is -0.281. The summed E-state index contributed by atoms with van der Waals surface area (Å²) in [6.45, 7) is 21.2. The molecule has 0 heterocycles. The van der Waals surface area contributed by atoms with Gasteiger partial charge in [-0.05, 0) is 73.8 Å². The summed E-state index contributed by atoms with van der Waals surface area (Å²) < 4.78 is 0. The molecule has 1 atom stereocenters. The quantitative estimate of drug-likeness (QED) is 0.240. The number of rotatable bonds is 12. The highest BCUT2D eigenvalue weighted by Gasteiger charge is 2.34. The second-order valence-corrected chi connectivity index (χ2v) is 11.9. The lowest BCUT2D eigenvalue weighted by atomic mass is 9.70. The first kappa shape index (κ1) is 35.6. The first-order valence-electron chi connectivity index (χ1n) is 14.8. The molecule has 0 bridgehead atoms. The Morgan fingerprint density at radius 2 is 0.951 bits per heavy atom. The summed E-state index contributed by atoms with van der Waals surface area (Å²) in [6, 6.07) is 0. The van der Waals surface area contributed by atoms with Gasteiger partial charge < -0.3 is 5.11 Å². The van der Waals surface area contributed by atoms with Gasteiger partial charge in [-0.25, -0.2) is 0 Å². The van der Waals surface area contributed by atoms with Crippen molar-refractivity contribution in [1.29, 1.82) is 0 Å². The first-order valence-corrected chi connectivity index (χ1v) is 14.8. The smallest absolute Gasteiger partial charge is 0.0634 e. The van der Waals surface area contributed by atoms with Gasteiger partial charge in [-0.2, -0.15) is 0 Å². The highest BCUT2D eigenvalue weighted by Crippen LogP contribution is 2.41. The van der Waals surface area contributed by atoms with Crippen molar-refractivity contribution in [3.05, 3.63) is 154 Å². The Morgan fingerprint density at radius 3 is 1.37 bits per heavy atom. The number of aliphatic hydroxyl groups is 1. The van der Waals surface area contributed by atoms with Gasteiger partial charge in [0.2, 0.25) is 0 Å². The molecule has 0 saturated carbocycles. The van der Waals surface area contributed by atoms with E-state index in [4.69, 9.17) is 0 Å². The molecule has 0 amide bonds. The molecule has 0 aliphatic heterocycles. The number of aliphatic hydroxyl groups excluding tert-OH is 1. The minimum Gasteiger partial charge on any atom is -0.392 e. The lowest BCUT2D eigenvalue weighted by molar-refractivity contribution is 0.0607. The molecular weight excluding hydrogens is 496 g/mol.